The van der Waals surface area contributed by atoms with Crippen LogP contribution in [-0.2, 0) is 16.6 Å². The van der Waals surface area contributed by atoms with E-state index in [2.05, 4.69) is 25.1 Å². The van der Waals surface area contributed by atoms with Crippen molar-refractivity contribution in [2.75, 3.05) is 68.5 Å². The topological polar surface area (TPSA) is 146 Å². The molecule has 1 unspecified atom stereocenters. The van der Waals surface area contributed by atoms with Crippen LogP contribution < -0.4 is 25.6 Å². The fourth-order valence-corrected chi connectivity index (χ4v) is 7.22. The molecule has 0 spiro atoms. The lowest BCUT2D eigenvalue weighted by Crippen LogP contribution is -2.54. The average Bonchev–Trinajstić information content (AvgIpc) is 3.76. The summed E-state index contributed by atoms with van der Waals surface area (Å²) in [6.07, 6.45) is 5.13. The van der Waals surface area contributed by atoms with E-state index in [0.717, 1.165) is 79.6 Å². The number of amides is 4. The number of benzene rings is 2. The van der Waals surface area contributed by atoms with Crippen LogP contribution in [0.2, 0.25) is 0 Å². The number of nitrogens with two attached hydrogens (primary N) is 1. The van der Waals surface area contributed by atoms with Gasteiger partial charge in [0.1, 0.15) is 11.8 Å². The van der Waals surface area contributed by atoms with Crippen LogP contribution in [0.3, 0.4) is 0 Å². The molecule has 2 aromatic carbocycles. The first-order valence-electron chi connectivity index (χ1n) is 15.7. The molecule has 46 heavy (non-hydrogen) atoms. The molecule has 13 heteroatoms. The summed E-state index contributed by atoms with van der Waals surface area (Å²) in [7, 11) is 3.54. The smallest absolute Gasteiger partial charge is 0.262 e. The molecule has 3 saturated heterocycles. The number of ether oxygens (including phenoxy) is 1. The van der Waals surface area contributed by atoms with Gasteiger partial charge in [0.25, 0.3) is 11.8 Å². The Balaban J connectivity index is 0.979. The summed E-state index contributed by atoms with van der Waals surface area (Å²) in [5.41, 5.74) is 11.6. The minimum atomic E-state index is -0.964. The molecule has 0 bridgehead atoms. The Kier molecular flexibility index (Phi) is 7.63. The molecule has 2 atom stereocenters. The van der Waals surface area contributed by atoms with Crippen LogP contribution in [0.4, 0.5) is 17.1 Å². The third-order valence-electron chi connectivity index (χ3n) is 9.67. The fourth-order valence-electron chi connectivity index (χ4n) is 7.22. The molecular formula is C33H38N8O5. The number of nitrogens with zero attached hydrogens (tertiary/aromatic N) is 6. The van der Waals surface area contributed by atoms with Crippen LogP contribution in [0.15, 0.2) is 42.7 Å². The zero-order valence-electron chi connectivity index (χ0n) is 26.1. The second-order valence-corrected chi connectivity index (χ2v) is 12.6. The van der Waals surface area contributed by atoms with E-state index < -0.39 is 23.8 Å². The Labute approximate surface area is 266 Å². The molecule has 5 heterocycles. The summed E-state index contributed by atoms with van der Waals surface area (Å²) in [6, 6.07) is 8.40. The number of rotatable bonds is 7. The van der Waals surface area contributed by atoms with E-state index in [0.29, 0.717) is 28.5 Å². The lowest BCUT2D eigenvalue weighted by Gasteiger charge is -2.38. The second kappa shape index (κ2) is 11.8. The van der Waals surface area contributed by atoms with E-state index in [9.17, 15) is 19.2 Å². The van der Waals surface area contributed by atoms with E-state index in [-0.39, 0.29) is 18.7 Å². The summed E-state index contributed by atoms with van der Waals surface area (Å²) in [5, 5.41) is 6.60. The maximum absolute atomic E-state index is 13.3. The van der Waals surface area contributed by atoms with Crippen molar-refractivity contribution in [3.8, 4) is 16.9 Å². The Hall–Kier alpha value is -4.91. The van der Waals surface area contributed by atoms with Crippen LogP contribution in [0.5, 0.6) is 5.75 Å². The third kappa shape index (κ3) is 5.34. The van der Waals surface area contributed by atoms with Crippen LogP contribution >= 0.6 is 0 Å². The van der Waals surface area contributed by atoms with Gasteiger partial charge < -0.3 is 20.3 Å². The zero-order chi connectivity index (χ0) is 32.1. The normalized spacial score (nSPS) is 22.1. The summed E-state index contributed by atoms with van der Waals surface area (Å²) in [5.74, 6) is -0.809. The highest BCUT2D eigenvalue weighted by Crippen LogP contribution is 2.39. The van der Waals surface area contributed by atoms with Crippen LogP contribution in [0, 0.1) is 5.92 Å². The monoisotopic (exact) mass is 626 g/mol. The second-order valence-electron chi connectivity index (χ2n) is 12.6. The first-order chi connectivity index (χ1) is 22.2. The number of anilines is 3. The maximum Gasteiger partial charge on any atom is 0.262 e. The van der Waals surface area contributed by atoms with Gasteiger partial charge in [-0.3, -0.25) is 39.0 Å². The molecule has 3 aromatic rings. The standard InChI is InChI=1S/C33H38N8O5/c1-37-19-21(16-35-37)24-14-26(34)29(46-2)15-28(24)39-11-9-38(10-12-39)17-20-7-8-40(18-20)22-3-4-23-25(13-22)33(45)41(32(23)44)27-5-6-30(42)36-31(27)43/h3-4,13-16,19-20,27H,5-12,17-18,34H2,1-2H3,(H,36,42,43)/t20-,27?/m0/s1. The van der Waals surface area contributed by atoms with Gasteiger partial charge in [0.05, 0.1) is 30.1 Å². The van der Waals surface area contributed by atoms with Crippen molar-refractivity contribution in [3.63, 3.8) is 0 Å². The number of imide groups is 2. The molecule has 0 saturated carbocycles. The molecule has 3 N–H and O–H groups in total. The van der Waals surface area contributed by atoms with Crippen molar-refractivity contribution >= 4 is 40.7 Å². The Morgan fingerprint density at radius 2 is 1.72 bits per heavy atom. The highest BCUT2D eigenvalue weighted by Gasteiger charge is 2.45. The molecule has 1 aromatic heterocycles. The largest absolute Gasteiger partial charge is 0.495 e. The van der Waals surface area contributed by atoms with Crippen molar-refractivity contribution in [2.24, 2.45) is 13.0 Å². The number of hydrogen-bond donors (Lipinski definition) is 2. The van der Waals surface area contributed by atoms with Crippen molar-refractivity contribution in [1.29, 1.82) is 0 Å². The number of piperidine rings is 1. The number of carbonyl (C=O) groups excluding carboxylic acids is 4. The molecule has 4 amide bonds. The fraction of sp³-hybridized carbons (Fsp3) is 0.424. The van der Waals surface area contributed by atoms with Gasteiger partial charge in [-0.05, 0) is 43.0 Å². The molecule has 4 aliphatic heterocycles. The predicted molar refractivity (Wildman–Crippen MR) is 172 cm³/mol. The molecule has 240 valence electrons. The number of aryl methyl sites for hydroxylation is 1. The Morgan fingerprint density at radius 3 is 2.43 bits per heavy atom. The average molecular weight is 627 g/mol. The van der Waals surface area contributed by atoms with Gasteiger partial charge in [-0.1, -0.05) is 0 Å². The van der Waals surface area contributed by atoms with Gasteiger partial charge in [-0.25, -0.2) is 0 Å². The summed E-state index contributed by atoms with van der Waals surface area (Å²) < 4.78 is 7.34. The van der Waals surface area contributed by atoms with Gasteiger partial charge in [0, 0.05) is 94.0 Å². The van der Waals surface area contributed by atoms with Gasteiger partial charge in [-0.15, -0.1) is 0 Å². The molecule has 4 aliphatic rings. The number of piperazine rings is 1. The van der Waals surface area contributed by atoms with Gasteiger partial charge >= 0.3 is 0 Å². The first-order valence-corrected chi connectivity index (χ1v) is 15.7. The highest BCUT2D eigenvalue weighted by atomic mass is 16.5. The molecule has 0 radical (unpaired) electrons. The minimum Gasteiger partial charge on any atom is -0.495 e. The number of nitrogens with one attached hydrogen (secondary N) is 1. The van der Waals surface area contributed by atoms with E-state index in [1.165, 1.54) is 0 Å². The van der Waals surface area contributed by atoms with E-state index in [4.69, 9.17) is 10.5 Å². The van der Waals surface area contributed by atoms with Crippen LogP contribution in [0.25, 0.3) is 11.1 Å². The molecule has 7 rings (SSSR count). The van der Waals surface area contributed by atoms with Gasteiger partial charge in [0.2, 0.25) is 11.8 Å². The van der Waals surface area contributed by atoms with Gasteiger partial charge in [0.15, 0.2) is 0 Å². The van der Waals surface area contributed by atoms with E-state index in [1.807, 2.05) is 37.6 Å². The number of nitrogen functional groups attached to an aromatic ring is 1. The lowest BCUT2D eigenvalue weighted by molar-refractivity contribution is -0.136. The summed E-state index contributed by atoms with van der Waals surface area (Å²) in [4.78, 5) is 58.6. The molecule has 3 fully saturated rings. The molecule has 0 aliphatic carbocycles. The lowest BCUT2D eigenvalue weighted by atomic mass is 10.0. The number of methoxy groups -OCH3 is 1. The Morgan fingerprint density at radius 1 is 0.935 bits per heavy atom. The number of aromatic nitrogens is 2. The maximum atomic E-state index is 13.3. The summed E-state index contributed by atoms with van der Waals surface area (Å²) >= 11 is 0. The zero-order valence-corrected chi connectivity index (χ0v) is 26.1. The Bertz CT molecular complexity index is 1730. The molecule has 13 nitrogen and oxygen atoms in total. The number of fused-ring (bicyclic) bond motifs is 1. The van der Waals surface area contributed by atoms with Crippen molar-refractivity contribution in [3.05, 3.63) is 53.9 Å². The van der Waals surface area contributed by atoms with Crippen molar-refractivity contribution in [1.82, 2.24) is 24.9 Å². The van der Waals surface area contributed by atoms with Crippen molar-refractivity contribution < 1.29 is 23.9 Å². The SMILES string of the molecule is COc1cc(N2CCN(C[C@@H]3CCN(c4ccc5c(c4)C(=O)N(C4CCC(=O)NC4=O)C5=O)C3)CC2)c(-c2cnn(C)c2)cc1N. The summed E-state index contributed by atoms with van der Waals surface area (Å²) in [6.45, 7) is 6.32. The first kappa shape index (κ1) is 29.8. The quantitative estimate of drug-likeness (QED) is 0.294. The molecular weight excluding hydrogens is 588 g/mol. The number of hydrogen-bond acceptors (Lipinski definition) is 10. The third-order valence-corrected chi connectivity index (χ3v) is 9.67. The van der Waals surface area contributed by atoms with Crippen molar-refractivity contribution in [2.45, 2.75) is 25.3 Å². The highest BCUT2D eigenvalue weighted by molar-refractivity contribution is 6.23. The van der Waals surface area contributed by atoms with E-state index >= 15 is 0 Å². The van der Waals surface area contributed by atoms with E-state index in [1.54, 1.807) is 23.9 Å². The predicted octanol–water partition coefficient (Wildman–Crippen LogP) is 1.73. The minimum absolute atomic E-state index is 0.0991. The van der Waals surface area contributed by atoms with Crippen LogP contribution in [0.1, 0.15) is 40.0 Å². The van der Waals surface area contributed by atoms with Gasteiger partial charge in [-0.2, -0.15) is 5.10 Å². The van der Waals surface area contributed by atoms with Crippen LogP contribution in [-0.4, -0.2) is 102 Å². The number of carbonyl (C=O) groups is 4.